The van der Waals surface area contributed by atoms with Gasteiger partial charge in [0.2, 0.25) is 0 Å². The minimum absolute atomic E-state index is 0.482. The van der Waals surface area contributed by atoms with Gasteiger partial charge in [-0.2, -0.15) is 0 Å². The molecule has 2 rings (SSSR count). The molecular formula is C12H23N. The fraction of sp³-hybridized carbons (Fsp3) is 1.00. The maximum Gasteiger partial charge on any atom is 0.00935 e. The number of nitrogens with two attached hydrogens (primary N) is 1. The molecule has 76 valence electrons. The molecule has 0 heterocycles. The maximum absolute atomic E-state index is 6.25. The Kier molecular flexibility index (Phi) is 2.18. The van der Waals surface area contributed by atoms with Gasteiger partial charge in [0.05, 0.1) is 0 Å². The first-order valence-electron chi connectivity index (χ1n) is 5.76. The highest BCUT2D eigenvalue weighted by Crippen LogP contribution is 2.51. The normalized spacial score (nSPS) is 56.3. The summed E-state index contributed by atoms with van der Waals surface area (Å²) < 4.78 is 0. The van der Waals surface area contributed by atoms with Gasteiger partial charge in [-0.05, 0) is 48.9 Å². The van der Waals surface area contributed by atoms with Crippen molar-refractivity contribution in [3.05, 3.63) is 0 Å². The summed E-state index contributed by atoms with van der Waals surface area (Å²) in [6, 6.07) is 0.482. The molecular weight excluding hydrogens is 158 g/mol. The van der Waals surface area contributed by atoms with E-state index in [0.717, 1.165) is 17.8 Å². The summed E-state index contributed by atoms with van der Waals surface area (Å²) in [6.07, 6.45) is 5.56. The summed E-state index contributed by atoms with van der Waals surface area (Å²) in [4.78, 5) is 0. The molecule has 0 saturated heterocycles. The highest BCUT2D eigenvalue weighted by Gasteiger charge is 2.44. The van der Waals surface area contributed by atoms with Crippen LogP contribution in [0.25, 0.3) is 0 Å². The highest BCUT2D eigenvalue weighted by molar-refractivity contribution is 4.97. The van der Waals surface area contributed by atoms with Gasteiger partial charge in [-0.1, -0.05) is 20.8 Å². The van der Waals surface area contributed by atoms with Crippen LogP contribution in [-0.4, -0.2) is 6.04 Å². The zero-order valence-electron chi connectivity index (χ0n) is 9.22. The molecule has 0 spiro atoms. The van der Waals surface area contributed by atoms with Crippen LogP contribution in [-0.2, 0) is 0 Å². The topological polar surface area (TPSA) is 26.0 Å². The molecule has 0 aromatic heterocycles. The molecule has 0 aliphatic heterocycles. The zero-order valence-corrected chi connectivity index (χ0v) is 9.22. The van der Waals surface area contributed by atoms with Crippen molar-refractivity contribution in [2.24, 2.45) is 28.9 Å². The Morgan fingerprint density at radius 1 is 1.15 bits per heavy atom. The minimum Gasteiger partial charge on any atom is -0.327 e. The number of fused-ring (bicyclic) bond motifs is 2. The van der Waals surface area contributed by atoms with Crippen molar-refractivity contribution in [1.29, 1.82) is 0 Å². The lowest BCUT2D eigenvalue weighted by molar-refractivity contribution is 0.0170. The molecule has 2 saturated carbocycles. The lowest BCUT2D eigenvalue weighted by Gasteiger charge is -2.51. The van der Waals surface area contributed by atoms with E-state index in [1.54, 1.807) is 0 Å². The Bertz CT molecular complexity index is 197. The molecule has 1 nitrogen and oxygen atoms in total. The van der Waals surface area contributed by atoms with E-state index in [4.69, 9.17) is 5.73 Å². The van der Waals surface area contributed by atoms with Crippen molar-refractivity contribution in [2.75, 3.05) is 0 Å². The third-order valence-corrected chi connectivity index (χ3v) is 4.32. The van der Waals surface area contributed by atoms with Crippen LogP contribution in [0, 0.1) is 23.2 Å². The fourth-order valence-corrected chi connectivity index (χ4v) is 4.08. The average Bonchev–Trinajstić information content (AvgIpc) is 1.98. The molecule has 5 unspecified atom stereocenters. The molecule has 2 N–H and O–H groups in total. The molecule has 2 aliphatic rings. The van der Waals surface area contributed by atoms with Gasteiger partial charge in [-0.3, -0.25) is 0 Å². The van der Waals surface area contributed by atoms with Gasteiger partial charge in [-0.15, -0.1) is 0 Å². The molecule has 0 aromatic rings. The lowest BCUT2D eigenvalue weighted by atomic mass is 9.56. The van der Waals surface area contributed by atoms with Gasteiger partial charge in [0.1, 0.15) is 0 Å². The Hall–Kier alpha value is -0.0400. The molecule has 1 heteroatoms. The summed E-state index contributed by atoms with van der Waals surface area (Å²) in [7, 11) is 0. The van der Waals surface area contributed by atoms with Gasteiger partial charge in [-0.25, -0.2) is 0 Å². The number of rotatable bonds is 0. The predicted octanol–water partition coefficient (Wildman–Crippen LogP) is 2.80. The first kappa shape index (κ1) is 9.51. The molecule has 0 amide bonds. The van der Waals surface area contributed by atoms with E-state index in [1.165, 1.54) is 25.7 Å². The molecule has 0 radical (unpaired) electrons. The Labute approximate surface area is 82.1 Å². The van der Waals surface area contributed by atoms with Crippen molar-refractivity contribution >= 4 is 0 Å². The molecule has 0 aromatic carbocycles. The van der Waals surface area contributed by atoms with E-state index in [1.807, 2.05) is 0 Å². The standard InChI is InChI=1S/C12H23N/c1-8-4-10-7-12(3,5-8)6-9(2)11(10)13/h8-11H,4-7,13H2,1-3H3. The zero-order chi connectivity index (χ0) is 9.64. The first-order valence-corrected chi connectivity index (χ1v) is 5.76. The van der Waals surface area contributed by atoms with E-state index in [9.17, 15) is 0 Å². The van der Waals surface area contributed by atoms with E-state index in [2.05, 4.69) is 20.8 Å². The second-order valence-electron chi connectivity index (χ2n) is 6.08. The van der Waals surface area contributed by atoms with Gasteiger partial charge in [0.15, 0.2) is 0 Å². The van der Waals surface area contributed by atoms with Crippen LogP contribution in [0.2, 0.25) is 0 Å². The lowest BCUT2D eigenvalue weighted by Crippen LogP contribution is -2.49. The van der Waals surface area contributed by atoms with Crippen LogP contribution >= 0.6 is 0 Å². The second kappa shape index (κ2) is 2.98. The summed E-state index contributed by atoms with van der Waals surface area (Å²) >= 11 is 0. The molecule has 2 fully saturated rings. The van der Waals surface area contributed by atoms with Crippen molar-refractivity contribution in [3.8, 4) is 0 Å². The SMILES string of the molecule is CC1CC2CC(C)(C1)CC(C)C2N. The van der Waals surface area contributed by atoms with Crippen LogP contribution in [0.5, 0.6) is 0 Å². The van der Waals surface area contributed by atoms with E-state index in [0.29, 0.717) is 11.5 Å². The Balaban J connectivity index is 2.17. The quantitative estimate of drug-likeness (QED) is 0.611. The monoisotopic (exact) mass is 181 g/mol. The molecule has 13 heavy (non-hydrogen) atoms. The van der Waals surface area contributed by atoms with Crippen LogP contribution in [0.15, 0.2) is 0 Å². The van der Waals surface area contributed by atoms with Crippen LogP contribution in [0.1, 0.15) is 46.5 Å². The summed E-state index contributed by atoms with van der Waals surface area (Å²) in [5.74, 6) is 2.47. The van der Waals surface area contributed by atoms with E-state index in [-0.39, 0.29) is 0 Å². The molecule has 5 atom stereocenters. The van der Waals surface area contributed by atoms with Crippen molar-refractivity contribution < 1.29 is 0 Å². The Morgan fingerprint density at radius 3 is 2.54 bits per heavy atom. The van der Waals surface area contributed by atoms with Gasteiger partial charge in [0, 0.05) is 6.04 Å². The summed E-state index contributed by atoms with van der Waals surface area (Å²) in [6.45, 7) is 7.20. The van der Waals surface area contributed by atoms with E-state index >= 15 is 0 Å². The summed E-state index contributed by atoms with van der Waals surface area (Å²) in [5.41, 5.74) is 6.87. The predicted molar refractivity (Wildman–Crippen MR) is 56.4 cm³/mol. The smallest absolute Gasteiger partial charge is 0.00935 e. The molecule has 2 aliphatic carbocycles. The van der Waals surface area contributed by atoms with E-state index < -0.39 is 0 Å². The van der Waals surface area contributed by atoms with Gasteiger partial charge in [0.25, 0.3) is 0 Å². The maximum atomic E-state index is 6.25. The third-order valence-electron chi connectivity index (χ3n) is 4.32. The van der Waals surface area contributed by atoms with Crippen molar-refractivity contribution in [1.82, 2.24) is 0 Å². The van der Waals surface area contributed by atoms with Gasteiger partial charge >= 0.3 is 0 Å². The van der Waals surface area contributed by atoms with Crippen LogP contribution < -0.4 is 5.73 Å². The second-order valence-corrected chi connectivity index (χ2v) is 6.08. The van der Waals surface area contributed by atoms with Crippen LogP contribution in [0.3, 0.4) is 0 Å². The molecule has 2 bridgehead atoms. The highest BCUT2D eigenvalue weighted by atomic mass is 14.7. The van der Waals surface area contributed by atoms with Crippen molar-refractivity contribution in [3.63, 3.8) is 0 Å². The number of hydrogen-bond acceptors (Lipinski definition) is 1. The van der Waals surface area contributed by atoms with Gasteiger partial charge < -0.3 is 5.73 Å². The summed E-state index contributed by atoms with van der Waals surface area (Å²) in [5, 5.41) is 0. The first-order chi connectivity index (χ1) is 6.00. The van der Waals surface area contributed by atoms with Crippen molar-refractivity contribution in [2.45, 2.75) is 52.5 Å². The largest absolute Gasteiger partial charge is 0.327 e. The number of hydrogen-bond donors (Lipinski definition) is 1. The average molecular weight is 181 g/mol. The minimum atomic E-state index is 0.482. The fourth-order valence-electron chi connectivity index (χ4n) is 4.08. The third kappa shape index (κ3) is 1.63. The van der Waals surface area contributed by atoms with Crippen LogP contribution in [0.4, 0.5) is 0 Å². The Morgan fingerprint density at radius 2 is 1.85 bits per heavy atom.